The minimum absolute atomic E-state index is 0.0935. The maximum absolute atomic E-state index is 9.87. The molecule has 1 fully saturated rings. The molecule has 0 amide bonds. The van der Waals surface area contributed by atoms with Crippen LogP contribution in [-0.2, 0) is 13.0 Å². The maximum atomic E-state index is 9.87. The summed E-state index contributed by atoms with van der Waals surface area (Å²) in [4.78, 5) is 16.4. The number of imidazole rings is 1. The van der Waals surface area contributed by atoms with E-state index in [1.54, 1.807) is 27.7 Å². The molecular formula is C24H31N7O4. The van der Waals surface area contributed by atoms with Gasteiger partial charge in [-0.3, -0.25) is 0 Å². The molecule has 3 N–H and O–H groups in total. The SMILES string of the molecule is COc1cc(-n2cnc(Nc3nc4c(c(N5CCCC5CO)n3)CCNC4)c2)cc(OC)c1OC. The molecule has 1 saturated heterocycles. The molecule has 5 rings (SSSR count). The average Bonchev–Trinajstić information content (AvgIpc) is 3.57. The summed E-state index contributed by atoms with van der Waals surface area (Å²) in [6, 6.07) is 3.80. The summed E-state index contributed by atoms with van der Waals surface area (Å²) in [7, 11) is 4.75. The van der Waals surface area contributed by atoms with Crippen LogP contribution < -0.4 is 29.7 Å². The summed E-state index contributed by atoms with van der Waals surface area (Å²) in [6.07, 6.45) is 6.44. The van der Waals surface area contributed by atoms with Crippen molar-refractivity contribution in [3.63, 3.8) is 0 Å². The van der Waals surface area contributed by atoms with Gasteiger partial charge in [-0.1, -0.05) is 0 Å². The first-order chi connectivity index (χ1) is 17.1. The fourth-order valence-electron chi connectivity index (χ4n) is 4.80. The Morgan fingerprint density at radius 2 is 1.94 bits per heavy atom. The molecule has 0 aliphatic carbocycles. The van der Waals surface area contributed by atoms with Gasteiger partial charge in [-0.2, -0.15) is 4.98 Å². The molecule has 0 bridgehead atoms. The van der Waals surface area contributed by atoms with Crippen LogP contribution >= 0.6 is 0 Å². The van der Waals surface area contributed by atoms with Crippen LogP contribution in [0.25, 0.3) is 5.69 Å². The fraction of sp³-hybridized carbons (Fsp3) is 0.458. The van der Waals surface area contributed by atoms with Crippen molar-refractivity contribution in [3.05, 3.63) is 35.9 Å². The van der Waals surface area contributed by atoms with Crippen LogP contribution in [0.2, 0.25) is 0 Å². The minimum atomic E-state index is 0.0935. The van der Waals surface area contributed by atoms with Crippen LogP contribution in [0.3, 0.4) is 0 Å². The average molecular weight is 482 g/mol. The molecule has 186 valence electrons. The second-order valence-electron chi connectivity index (χ2n) is 8.57. The Bertz CT molecular complexity index is 1170. The van der Waals surface area contributed by atoms with Gasteiger partial charge >= 0.3 is 0 Å². The van der Waals surface area contributed by atoms with E-state index >= 15 is 0 Å². The molecular weight excluding hydrogens is 450 g/mol. The lowest BCUT2D eigenvalue weighted by Gasteiger charge is -2.29. The highest BCUT2D eigenvalue weighted by Crippen LogP contribution is 2.39. The highest BCUT2D eigenvalue weighted by Gasteiger charge is 2.29. The van der Waals surface area contributed by atoms with Crippen LogP contribution in [0.5, 0.6) is 17.2 Å². The topological polar surface area (TPSA) is 119 Å². The number of benzene rings is 1. The van der Waals surface area contributed by atoms with Crippen molar-refractivity contribution >= 4 is 17.6 Å². The van der Waals surface area contributed by atoms with E-state index in [9.17, 15) is 5.11 Å². The van der Waals surface area contributed by atoms with Crippen LogP contribution in [-0.4, -0.2) is 71.7 Å². The number of nitrogens with one attached hydrogen (secondary N) is 2. The second-order valence-corrected chi connectivity index (χ2v) is 8.57. The van der Waals surface area contributed by atoms with Crippen molar-refractivity contribution < 1.29 is 19.3 Å². The number of hydrogen-bond donors (Lipinski definition) is 3. The highest BCUT2D eigenvalue weighted by atomic mass is 16.5. The lowest BCUT2D eigenvalue weighted by Crippen LogP contribution is -2.36. The third kappa shape index (κ3) is 4.44. The Morgan fingerprint density at radius 3 is 2.66 bits per heavy atom. The molecule has 1 aromatic carbocycles. The summed E-state index contributed by atoms with van der Waals surface area (Å²) < 4.78 is 18.2. The Balaban J connectivity index is 1.45. The third-order valence-electron chi connectivity index (χ3n) is 6.55. The number of fused-ring (bicyclic) bond motifs is 1. The van der Waals surface area contributed by atoms with Gasteiger partial charge in [0.15, 0.2) is 17.3 Å². The number of nitrogens with zero attached hydrogens (tertiary/aromatic N) is 5. The lowest BCUT2D eigenvalue weighted by atomic mass is 10.1. The predicted octanol–water partition coefficient (Wildman–Crippen LogP) is 2.04. The Hall–Kier alpha value is -3.57. The zero-order valence-electron chi connectivity index (χ0n) is 20.2. The van der Waals surface area contributed by atoms with E-state index in [1.165, 1.54) is 0 Å². The Labute approximate surface area is 204 Å². The monoisotopic (exact) mass is 481 g/mol. The molecule has 1 unspecified atom stereocenters. The smallest absolute Gasteiger partial charge is 0.230 e. The first-order valence-electron chi connectivity index (χ1n) is 11.7. The molecule has 2 aliphatic heterocycles. The van der Waals surface area contributed by atoms with Crippen LogP contribution in [0.4, 0.5) is 17.6 Å². The standard InChI is InChI=1S/C24H31N7O4/c1-33-19-9-16(10-20(34-2)22(19)35-3)30-12-21(26-14-30)28-24-27-18-11-25-7-6-17(18)23(29-24)31-8-4-5-15(31)13-32/h9-10,12,14-15,25,32H,4-8,11,13H2,1-3H3,(H,27,28,29). The van der Waals surface area contributed by atoms with Gasteiger partial charge in [-0.15, -0.1) is 0 Å². The van der Waals surface area contributed by atoms with Gasteiger partial charge in [0.25, 0.3) is 0 Å². The molecule has 0 saturated carbocycles. The highest BCUT2D eigenvalue weighted by molar-refractivity contribution is 5.60. The van der Waals surface area contributed by atoms with Crippen LogP contribution in [0.1, 0.15) is 24.1 Å². The number of ether oxygens (including phenoxy) is 3. The fourth-order valence-corrected chi connectivity index (χ4v) is 4.80. The Morgan fingerprint density at radius 1 is 1.14 bits per heavy atom. The maximum Gasteiger partial charge on any atom is 0.230 e. The van der Waals surface area contributed by atoms with E-state index in [2.05, 4.69) is 20.5 Å². The molecule has 2 aliphatic rings. The number of hydrogen-bond acceptors (Lipinski definition) is 10. The van der Waals surface area contributed by atoms with Gasteiger partial charge in [0.1, 0.15) is 12.1 Å². The molecule has 0 radical (unpaired) electrons. The van der Waals surface area contributed by atoms with Gasteiger partial charge in [-0.25, -0.2) is 9.97 Å². The van der Waals surface area contributed by atoms with Gasteiger partial charge in [0.05, 0.1) is 51.6 Å². The molecule has 35 heavy (non-hydrogen) atoms. The summed E-state index contributed by atoms with van der Waals surface area (Å²) >= 11 is 0. The summed E-state index contributed by atoms with van der Waals surface area (Å²) in [5.41, 5.74) is 2.95. The first-order valence-corrected chi connectivity index (χ1v) is 11.7. The van der Waals surface area contributed by atoms with Gasteiger partial charge in [-0.05, 0) is 25.8 Å². The summed E-state index contributed by atoms with van der Waals surface area (Å²) in [6.45, 7) is 2.60. The van der Waals surface area contributed by atoms with Crippen LogP contribution in [0, 0.1) is 0 Å². The zero-order valence-corrected chi connectivity index (χ0v) is 20.2. The lowest BCUT2D eigenvalue weighted by molar-refractivity contribution is 0.266. The molecule has 2 aromatic heterocycles. The predicted molar refractivity (Wildman–Crippen MR) is 131 cm³/mol. The molecule has 3 aromatic rings. The zero-order chi connectivity index (χ0) is 24.4. The molecule has 11 heteroatoms. The summed E-state index contributed by atoms with van der Waals surface area (Å²) in [5, 5.41) is 16.5. The van der Waals surface area contributed by atoms with Crippen molar-refractivity contribution in [3.8, 4) is 22.9 Å². The van der Waals surface area contributed by atoms with Gasteiger partial charge in [0.2, 0.25) is 11.7 Å². The normalized spacial score (nSPS) is 17.3. The van der Waals surface area contributed by atoms with Gasteiger partial charge in [0, 0.05) is 30.8 Å². The quantitative estimate of drug-likeness (QED) is 0.441. The molecule has 4 heterocycles. The number of aliphatic hydroxyl groups excluding tert-OH is 1. The number of methoxy groups -OCH3 is 3. The first kappa shape index (κ1) is 23.2. The number of aliphatic hydroxyl groups is 1. The van der Waals surface area contributed by atoms with E-state index in [0.29, 0.717) is 35.6 Å². The van der Waals surface area contributed by atoms with E-state index in [1.807, 2.05) is 22.9 Å². The van der Waals surface area contributed by atoms with E-state index < -0.39 is 0 Å². The minimum Gasteiger partial charge on any atom is -0.493 e. The van der Waals surface area contributed by atoms with Crippen molar-refractivity contribution in [2.75, 3.05) is 51.2 Å². The van der Waals surface area contributed by atoms with Crippen molar-refractivity contribution in [1.29, 1.82) is 0 Å². The van der Waals surface area contributed by atoms with Gasteiger partial charge < -0.3 is 39.4 Å². The van der Waals surface area contributed by atoms with E-state index in [4.69, 9.17) is 24.2 Å². The summed E-state index contributed by atoms with van der Waals surface area (Å²) in [5.74, 6) is 3.66. The Kier molecular flexibility index (Phi) is 6.60. The second kappa shape index (κ2) is 9.96. The molecule has 0 spiro atoms. The van der Waals surface area contributed by atoms with E-state index in [0.717, 1.165) is 55.1 Å². The number of rotatable bonds is 8. The number of anilines is 3. The van der Waals surface area contributed by atoms with Crippen LogP contribution in [0.15, 0.2) is 24.7 Å². The number of aromatic nitrogens is 4. The van der Waals surface area contributed by atoms with Crippen molar-refractivity contribution in [1.82, 2.24) is 24.8 Å². The van der Waals surface area contributed by atoms with Crippen molar-refractivity contribution in [2.45, 2.75) is 31.8 Å². The van der Waals surface area contributed by atoms with Crippen molar-refractivity contribution in [2.24, 2.45) is 0 Å². The molecule has 11 nitrogen and oxygen atoms in total. The molecule has 1 atom stereocenters. The van der Waals surface area contributed by atoms with E-state index in [-0.39, 0.29) is 12.6 Å². The largest absolute Gasteiger partial charge is 0.493 e. The third-order valence-corrected chi connectivity index (χ3v) is 6.55.